The minimum Gasteiger partial charge on any atom is -0.497 e. The normalized spacial score (nSPS) is 10.4. The first-order valence-corrected chi connectivity index (χ1v) is 6.70. The van der Waals surface area contributed by atoms with E-state index in [1.807, 2.05) is 24.3 Å². The van der Waals surface area contributed by atoms with E-state index in [-0.39, 0.29) is 5.88 Å². The Labute approximate surface area is 119 Å². The first kappa shape index (κ1) is 12.6. The number of hydrogen-bond acceptors (Lipinski definition) is 6. The second-order valence-corrected chi connectivity index (χ2v) is 4.99. The number of hydrogen-bond donors (Lipinski definition) is 1. The third kappa shape index (κ3) is 2.33. The maximum Gasteiger partial charge on any atom is 0.230 e. The van der Waals surface area contributed by atoms with Crippen molar-refractivity contribution in [3.8, 4) is 32.8 Å². The summed E-state index contributed by atoms with van der Waals surface area (Å²) in [5, 5.41) is 10.6. The van der Waals surface area contributed by atoms with Gasteiger partial charge in [0, 0.05) is 12.4 Å². The van der Waals surface area contributed by atoms with E-state index < -0.39 is 0 Å². The fourth-order valence-electron chi connectivity index (χ4n) is 1.76. The lowest BCUT2D eigenvalue weighted by Crippen LogP contribution is -1.81. The molecule has 0 aliphatic rings. The van der Waals surface area contributed by atoms with Crippen LogP contribution in [0, 0.1) is 0 Å². The summed E-state index contributed by atoms with van der Waals surface area (Å²) in [5.74, 6) is 0.771. The average molecular weight is 285 g/mol. The van der Waals surface area contributed by atoms with Gasteiger partial charge in [0.2, 0.25) is 5.88 Å². The largest absolute Gasteiger partial charge is 0.497 e. The third-order valence-corrected chi connectivity index (χ3v) is 3.86. The summed E-state index contributed by atoms with van der Waals surface area (Å²) in [5.41, 5.74) is 1.53. The summed E-state index contributed by atoms with van der Waals surface area (Å²) >= 11 is 1.37. The topological polar surface area (TPSA) is 68.1 Å². The molecule has 3 rings (SSSR count). The number of aromatic hydroxyl groups is 1. The third-order valence-electron chi connectivity index (χ3n) is 2.74. The van der Waals surface area contributed by atoms with Crippen molar-refractivity contribution >= 4 is 11.3 Å². The van der Waals surface area contributed by atoms with Gasteiger partial charge in [-0.1, -0.05) is 0 Å². The molecule has 0 bridgehead atoms. The molecule has 0 unspecified atom stereocenters. The number of ether oxygens (including phenoxy) is 1. The molecule has 0 radical (unpaired) electrons. The lowest BCUT2D eigenvalue weighted by atomic mass is 10.2. The zero-order chi connectivity index (χ0) is 13.9. The highest BCUT2D eigenvalue weighted by Crippen LogP contribution is 2.38. The van der Waals surface area contributed by atoms with E-state index in [0.29, 0.717) is 15.6 Å². The van der Waals surface area contributed by atoms with E-state index in [2.05, 4.69) is 15.0 Å². The van der Waals surface area contributed by atoms with Crippen LogP contribution in [0.2, 0.25) is 0 Å². The molecule has 6 heteroatoms. The van der Waals surface area contributed by atoms with Gasteiger partial charge in [-0.15, -0.1) is 11.3 Å². The van der Waals surface area contributed by atoms with Crippen LogP contribution >= 0.6 is 11.3 Å². The van der Waals surface area contributed by atoms with Gasteiger partial charge >= 0.3 is 0 Å². The minimum atomic E-state index is 0.000759. The van der Waals surface area contributed by atoms with Crippen LogP contribution < -0.4 is 4.74 Å². The molecule has 20 heavy (non-hydrogen) atoms. The predicted octanol–water partition coefficient (Wildman–Crippen LogP) is 2.98. The lowest BCUT2D eigenvalue weighted by molar-refractivity contribution is 0.415. The Balaban J connectivity index is 2.00. The van der Waals surface area contributed by atoms with Gasteiger partial charge in [0.1, 0.15) is 16.5 Å². The van der Waals surface area contributed by atoms with Gasteiger partial charge in [0.05, 0.1) is 18.2 Å². The fraction of sp³-hybridized carbons (Fsp3) is 0.0714. The van der Waals surface area contributed by atoms with Gasteiger partial charge in [0.25, 0.3) is 0 Å². The number of benzene rings is 1. The Morgan fingerprint density at radius 3 is 2.60 bits per heavy atom. The standard InChI is InChI=1S/C14H11N3O2S/c1-19-10-4-2-9(3-5-10)12-13(18)17-14(20-12)11-8-15-6-7-16-11/h2-8,18H,1H3. The molecule has 3 aromatic rings. The van der Waals surface area contributed by atoms with Crippen LogP contribution in [-0.2, 0) is 0 Å². The number of thiazole rings is 1. The smallest absolute Gasteiger partial charge is 0.230 e. The molecule has 0 saturated heterocycles. The molecular formula is C14H11N3O2S. The highest BCUT2D eigenvalue weighted by atomic mass is 32.1. The van der Waals surface area contributed by atoms with Gasteiger partial charge in [-0.3, -0.25) is 9.97 Å². The van der Waals surface area contributed by atoms with Crippen molar-refractivity contribution in [2.24, 2.45) is 0 Å². The zero-order valence-electron chi connectivity index (χ0n) is 10.6. The van der Waals surface area contributed by atoms with Gasteiger partial charge in [-0.2, -0.15) is 4.98 Å². The minimum absolute atomic E-state index is 0.000759. The van der Waals surface area contributed by atoms with Crippen LogP contribution in [-0.4, -0.2) is 27.2 Å². The summed E-state index contributed by atoms with van der Waals surface area (Å²) in [6.45, 7) is 0. The van der Waals surface area contributed by atoms with Crippen LogP contribution in [0.5, 0.6) is 11.6 Å². The van der Waals surface area contributed by atoms with Crippen LogP contribution in [0.25, 0.3) is 21.1 Å². The van der Waals surface area contributed by atoms with Gasteiger partial charge in [0.15, 0.2) is 0 Å². The van der Waals surface area contributed by atoms with E-state index in [4.69, 9.17) is 4.74 Å². The second kappa shape index (κ2) is 5.26. The molecule has 0 amide bonds. The Bertz CT molecular complexity index is 711. The summed E-state index contributed by atoms with van der Waals surface area (Å²) in [4.78, 5) is 13.0. The predicted molar refractivity (Wildman–Crippen MR) is 76.8 cm³/mol. The summed E-state index contributed by atoms with van der Waals surface area (Å²) in [7, 11) is 1.62. The van der Waals surface area contributed by atoms with Crippen LogP contribution in [0.4, 0.5) is 0 Å². The SMILES string of the molecule is COc1ccc(-c2sc(-c3cnccn3)nc2O)cc1. The maximum absolute atomic E-state index is 9.99. The number of nitrogens with zero attached hydrogens (tertiary/aromatic N) is 3. The van der Waals surface area contributed by atoms with Gasteiger partial charge < -0.3 is 9.84 Å². The Hall–Kier alpha value is -2.47. The molecule has 0 spiro atoms. The Kier molecular flexibility index (Phi) is 3.30. The molecule has 0 aliphatic heterocycles. The second-order valence-electron chi connectivity index (χ2n) is 3.99. The Morgan fingerprint density at radius 2 is 1.95 bits per heavy atom. The molecule has 1 N–H and O–H groups in total. The lowest BCUT2D eigenvalue weighted by Gasteiger charge is -2.01. The van der Waals surface area contributed by atoms with Crippen molar-refractivity contribution in [2.45, 2.75) is 0 Å². The van der Waals surface area contributed by atoms with Crippen molar-refractivity contribution < 1.29 is 9.84 Å². The van der Waals surface area contributed by atoms with E-state index in [0.717, 1.165) is 11.3 Å². The number of methoxy groups -OCH3 is 1. The highest BCUT2D eigenvalue weighted by Gasteiger charge is 2.14. The summed E-state index contributed by atoms with van der Waals surface area (Å²) < 4.78 is 5.12. The van der Waals surface area contributed by atoms with E-state index in [1.54, 1.807) is 25.7 Å². The Morgan fingerprint density at radius 1 is 1.15 bits per heavy atom. The molecular weight excluding hydrogens is 274 g/mol. The fourth-order valence-corrected chi connectivity index (χ4v) is 2.69. The average Bonchev–Trinajstić information content (AvgIpc) is 2.90. The summed E-state index contributed by atoms with van der Waals surface area (Å²) in [6.07, 6.45) is 4.82. The molecule has 0 saturated carbocycles. The van der Waals surface area contributed by atoms with Crippen molar-refractivity contribution in [1.82, 2.24) is 15.0 Å². The molecule has 0 fully saturated rings. The molecule has 1 aromatic carbocycles. The molecule has 2 heterocycles. The molecule has 0 atom stereocenters. The molecule has 2 aromatic heterocycles. The summed E-state index contributed by atoms with van der Waals surface area (Å²) in [6, 6.07) is 7.45. The highest BCUT2D eigenvalue weighted by molar-refractivity contribution is 7.18. The van der Waals surface area contributed by atoms with Gasteiger partial charge in [-0.05, 0) is 29.8 Å². The van der Waals surface area contributed by atoms with Crippen molar-refractivity contribution in [3.63, 3.8) is 0 Å². The number of rotatable bonds is 3. The zero-order valence-corrected chi connectivity index (χ0v) is 11.5. The van der Waals surface area contributed by atoms with Crippen LogP contribution in [0.1, 0.15) is 0 Å². The van der Waals surface area contributed by atoms with E-state index in [9.17, 15) is 5.11 Å². The quantitative estimate of drug-likeness (QED) is 0.801. The molecule has 0 aliphatic carbocycles. The van der Waals surface area contributed by atoms with Crippen LogP contribution in [0.3, 0.4) is 0 Å². The van der Waals surface area contributed by atoms with E-state index >= 15 is 0 Å². The monoisotopic (exact) mass is 285 g/mol. The van der Waals surface area contributed by atoms with Crippen molar-refractivity contribution in [3.05, 3.63) is 42.9 Å². The first-order chi connectivity index (χ1) is 9.78. The van der Waals surface area contributed by atoms with E-state index in [1.165, 1.54) is 11.3 Å². The van der Waals surface area contributed by atoms with Crippen molar-refractivity contribution in [2.75, 3.05) is 7.11 Å². The maximum atomic E-state index is 9.99. The van der Waals surface area contributed by atoms with Gasteiger partial charge in [-0.25, -0.2) is 0 Å². The molecule has 5 nitrogen and oxygen atoms in total. The number of aromatic nitrogens is 3. The van der Waals surface area contributed by atoms with Crippen LogP contribution in [0.15, 0.2) is 42.9 Å². The van der Waals surface area contributed by atoms with Crippen molar-refractivity contribution in [1.29, 1.82) is 0 Å². The first-order valence-electron chi connectivity index (χ1n) is 5.88. The molecule has 100 valence electrons.